The predicted molar refractivity (Wildman–Crippen MR) is 80.9 cm³/mol. The Morgan fingerprint density at radius 3 is 2.80 bits per heavy atom. The second-order valence-electron chi connectivity index (χ2n) is 5.38. The van der Waals surface area contributed by atoms with Crippen LogP contribution in [-0.4, -0.2) is 29.3 Å². The molecule has 20 heavy (non-hydrogen) atoms. The largest absolute Gasteiger partial charge is 0.369 e. The minimum Gasteiger partial charge on any atom is -0.369 e. The van der Waals surface area contributed by atoms with E-state index >= 15 is 0 Å². The molecule has 2 N–H and O–H groups in total. The van der Waals surface area contributed by atoms with Gasteiger partial charge in [-0.1, -0.05) is 28.1 Å². The summed E-state index contributed by atoms with van der Waals surface area (Å²) in [6.07, 6.45) is 1.96. The van der Waals surface area contributed by atoms with Crippen molar-refractivity contribution in [2.75, 3.05) is 6.54 Å². The Balaban J connectivity index is 2.05. The van der Waals surface area contributed by atoms with Crippen LogP contribution >= 0.6 is 15.9 Å². The van der Waals surface area contributed by atoms with Gasteiger partial charge >= 0.3 is 0 Å². The highest BCUT2D eigenvalue weighted by Crippen LogP contribution is 2.23. The molecule has 0 spiro atoms. The van der Waals surface area contributed by atoms with Crippen molar-refractivity contribution in [2.45, 2.75) is 32.2 Å². The van der Waals surface area contributed by atoms with Gasteiger partial charge in [-0.15, -0.1) is 0 Å². The summed E-state index contributed by atoms with van der Waals surface area (Å²) in [6, 6.07) is 7.89. The third-order valence-electron chi connectivity index (χ3n) is 3.85. The molecule has 4 nitrogen and oxygen atoms in total. The number of carbonyl (C=O) groups is 2. The van der Waals surface area contributed by atoms with Crippen LogP contribution < -0.4 is 5.73 Å². The van der Waals surface area contributed by atoms with Crippen LogP contribution in [0.5, 0.6) is 0 Å². The summed E-state index contributed by atoms with van der Waals surface area (Å²) < 4.78 is 0.963. The van der Waals surface area contributed by atoms with Gasteiger partial charge in [-0.05, 0) is 37.5 Å². The van der Waals surface area contributed by atoms with E-state index in [4.69, 9.17) is 5.73 Å². The van der Waals surface area contributed by atoms with E-state index in [9.17, 15) is 9.59 Å². The zero-order valence-corrected chi connectivity index (χ0v) is 13.1. The third kappa shape index (κ3) is 3.60. The summed E-state index contributed by atoms with van der Waals surface area (Å²) in [5.41, 5.74) is 6.33. The van der Waals surface area contributed by atoms with Gasteiger partial charge < -0.3 is 10.6 Å². The van der Waals surface area contributed by atoms with Gasteiger partial charge in [0.05, 0.1) is 12.3 Å². The predicted octanol–water partition coefficient (Wildman–Crippen LogP) is 2.10. The van der Waals surface area contributed by atoms with Crippen LogP contribution in [0.3, 0.4) is 0 Å². The topological polar surface area (TPSA) is 63.4 Å². The van der Waals surface area contributed by atoms with E-state index in [1.165, 1.54) is 0 Å². The average Bonchev–Trinajstić information content (AvgIpc) is 2.38. The molecule has 5 heteroatoms. The van der Waals surface area contributed by atoms with Gasteiger partial charge in [0.2, 0.25) is 11.8 Å². The van der Waals surface area contributed by atoms with E-state index in [1.54, 1.807) is 4.90 Å². The van der Waals surface area contributed by atoms with Crippen LogP contribution in [0.15, 0.2) is 28.7 Å². The summed E-state index contributed by atoms with van der Waals surface area (Å²) in [4.78, 5) is 25.5. The van der Waals surface area contributed by atoms with Crippen LogP contribution in [0, 0.1) is 5.92 Å². The number of hydrogen-bond donors (Lipinski definition) is 1. The second-order valence-corrected chi connectivity index (χ2v) is 6.29. The normalized spacial score (nSPS) is 22.6. The minimum absolute atomic E-state index is 0.0570. The lowest BCUT2D eigenvalue weighted by molar-refractivity contribution is -0.136. The zero-order valence-electron chi connectivity index (χ0n) is 11.5. The number of hydrogen-bond acceptors (Lipinski definition) is 2. The molecule has 1 saturated heterocycles. The van der Waals surface area contributed by atoms with Crippen LogP contribution in [0.2, 0.25) is 0 Å². The molecule has 2 amide bonds. The number of halogens is 1. The molecule has 2 rings (SSSR count). The Kier molecular flexibility index (Phi) is 4.81. The molecule has 1 aromatic carbocycles. The van der Waals surface area contributed by atoms with Gasteiger partial charge in [-0.2, -0.15) is 0 Å². The Bertz CT molecular complexity index is 518. The molecule has 1 aliphatic rings. The molecule has 2 unspecified atom stereocenters. The number of nitrogens with two attached hydrogens (primary N) is 1. The Morgan fingerprint density at radius 1 is 1.40 bits per heavy atom. The Morgan fingerprint density at radius 2 is 2.15 bits per heavy atom. The SMILES string of the molecule is CC1CCC(C(N)=O)CN1C(=O)Cc1cccc(Br)c1. The Hall–Kier alpha value is -1.36. The van der Waals surface area contributed by atoms with Crippen molar-refractivity contribution in [1.29, 1.82) is 0 Å². The first kappa shape index (κ1) is 15.0. The molecule has 1 aromatic rings. The lowest BCUT2D eigenvalue weighted by Gasteiger charge is -2.37. The maximum Gasteiger partial charge on any atom is 0.227 e. The summed E-state index contributed by atoms with van der Waals surface area (Å²) >= 11 is 3.40. The first-order valence-electron chi connectivity index (χ1n) is 6.80. The number of rotatable bonds is 3. The minimum atomic E-state index is -0.308. The van der Waals surface area contributed by atoms with Crippen molar-refractivity contribution in [1.82, 2.24) is 4.90 Å². The van der Waals surface area contributed by atoms with E-state index in [0.29, 0.717) is 13.0 Å². The van der Waals surface area contributed by atoms with Gasteiger partial charge in [0.15, 0.2) is 0 Å². The second kappa shape index (κ2) is 6.39. The molecule has 1 heterocycles. The molecule has 0 aliphatic carbocycles. The summed E-state index contributed by atoms with van der Waals surface area (Å²) in [5.74, 6) is -0.462. The Labute approximate surface area is 127 Å². The molecule has 108 valence electrons. The number of benzene rings is 1. The average molecular weight is 339 g/mol. The number of primary amides is 1. The molecule has 0 saturated carbocycles. The monoisotopic (exact) mass is 338 g/mol. The highest BCUT2D eigenvalue weighted by Gasteiger charge is 2.31. The van der Waals surface area contributed by atoms with Crippen LogP contribution in [0.1, 0.15) is 25.3 Å². The molecule has 2 atom stereocenters. The van der Waals surface area contributed by atoms with Crippen molar-refractivity contribution in [3.05, 3.63) is 34.3 Å². The molecule has 1 aliphatic heterocycles. The van der Waals surface area contributed by atoms with Gasteiger partial charge in [0.1, 0.15) is 0 Å². The quantitative estimate of drug-likeness (QED) is 0.917. The fourth-order valence-corrected chi connectivity index (χ4v) is 3.06. The zero-order chi connectivity index (χ0) is 14.7. The summed E-state index contributed by atoms with van der Waals surface area (Å²) in [7, 11) is 0. The lowest BCUT2D eigenvalue weighted by atomic mass is 9.92. The van der Waals surface area contributed by atoms with Gasteiger partial charge in [0.25, 0.3) is 0 Å². The fourth-order valence-electron chi connectivity index (χ4n) is 2.61. The smallest absolute Gasteiger partial charge is 0.227 e. The first-order chi connectivity index (χ1) is 9.47. The highest BCUT2D eigenvalue weighted by molar-refractivity contribution is 9.10. The summed E-state index contributed by atoms with van der Waals surface area (Å²) in [5, 5.41) is 0. The van der Waals surface area contributed by atoms with E-state index < -0.39 is 0 Å². The summed E-state index contributed by atoms with van der Waals surface area (Å²) in [6.45, 7) is 2.47. The molecule has 0 bridgehead atoms. The highest BCUT2D eigenvalue weighted by atomic mass is 79.9. The van der Waals surface area contributed by atoms with Gasteiger partial charge in [-0.3, -0.25) is 9.59 Å². The molecular weight excluding hydrogens is 320 g/mol. The van der Waals surface area contributed by atoms with E-state index in [2.05, 4.69) is 15.9 Å². The molecule has 0 radical (unpaired) electrons. The van der Waals surface area contributed by atoms with E-state index in [0.717, 1.165) is 22.9 Å². The molecular formula is C15H19BrN2O2. The third-order valence-corrected chi connectivity index (χ3v) is 4.34. The standard InChI is InChI=1S/C15H19BrN2O2/c1-10-5-6-12(15(17)20)9-18(10)14(19)8-11-3-2-4-13(16)7-11/h2-4,7,10,12H,5-6,8-9H2,1H3,(H2,17,20). The number of likely N-dealkylation sites (tertiary alicyclic amines) is 1. The van der Waals surface area contributed by atoms with E-state index in [1.807, 2.05) is 31.2 Å². The number of carbonyl (C=O) groups excluding carboxylic acids is 2. The molecule has 1 fully saturated rings. The van der Waals surface area contributed by atoms with Crippen molar-refractivity contribution < 1.29 is 9.59 Å². The van der Waals surface area contributed by atoms with Crippen molar-refractivity contribution >= 4 is 27.7 Å². The maximum absolute atomic E-state index is 12.4. The number of amides is 2. The fraction of sp³-hybridized carbons (Fsp3) is 0.467. The lowest BCUT2D eigenvalue weighted by Crippen LogP contribution is -2.49. The van der Waals surface area contributed by atoms with Crippen LogP contribution in [-0.2, 0) is 16.0 Å². The maximum atomic E-state index is 12.4. The van der Waals surface area contributed by atoms with Crippen molar-refractivity contribution in [3.63, 3.8) is 0 Å². The van der Waals surface area contributed by atoms with Gasteiger partial charge in [0, 0.05) is 17.1 Å². The van der Waals surface area contributed by atoms with Gasteiger partial charge in [-0.25, -0.2) is 0 Å². The van der Waals surface area contributed by atoms with Crippen molar-refractivity contribution in [3.8, 4) is 0 Å². The number of piperidine rings is 1. The van der Waals surface area contributed by atoms with Crippen LogP contribution in [0.4, 0.5) is 0 Å². The van der Waals surface area contributed by atoms with E-state index in [-0.39, 0.29) is 23.8 Å². The van der Waals surface area contributed by atoms with Crippen molar-refractivity contribution in [2.24, 2.45) is 11.7 Å². The number of nitrogens with zero attached hydrogens (tertiary/aromatic N) is 1. The first-order valence-corrected chi connectivity index (χ1v) is 7.60. The molecule has 0 aromatic heterocycles. The van der Waals surface area contributed by atoms with Crippen LogP contribution in [0.25, 0.3) is 0 Å².